The van der Waals surface area contributed by atoms with Gasteiger partial charge in [-0.2, -0.15) is 0 Å². The summed E-state index contributed by atoms with van der Waals surface area (Å²) in [5.41, 5.74) is -0.0542. The van der Waals surface area contributed by atoms with Crippen LogP contribution in [-0.2, 0) is 0 Å². The fraction of sp³-hybridized carbons (Fsp3) is 0.174. The van der Waals surface area contributed by atoms with Gasteiger partial charge in [0.1, 0.15) is 11.3 Å². The Hall–Kier alpha value is -4.11. The molecule has 9 heteroatoms. The average molecular weight is 438 g/mol. The molecule has 164 valence electrons. The van der Waals surface area contributed by atoms with E-state index in [2.05, 4.69) is 0 Å². The molecule has 9 nitrogen and oxygen atoms in total. The molecule has 0 bridgehead atoms. The fourth-order valence-corrected chi connectivity index (χ4v) is 4.00. The maximum Gasteiger partial charge on any atom is 0.344 e. The summed E-state index contributed by atoms with van der Waals surface area (Å²) < 4.78 is 22.2. The minimum absolute atomic E-state index is 0.0458. The van der Waals surface area contributed by atoms with E-state index in [1.807, 2.05) is 0 Å². The Kier molecular flexibility index (Phi) is 4.49. The van der Waals surface area contributed by atoms with Crippen LogP contribution in [0.1, 0.15) is 11.7 Å². The maximum absolute atomic E-state index is 12.4. The Labute approximate surface area is 180 Å². The second kappa shape index (κ2) is 7.24. The van der Waals surface area contributed by atoms with Gasteiger partial charge in [-0.05, 0) is 36.4 Å². The van der Waals surface area contributed by atoms with Crippen LogP contribution in [0, 0.1) is 0 Å². The third-order valence-corrected chi connectivity index (χ3v) is 5.47. The van der Waals surface area contributed by atoms with Gasteiger partial charge in [-0.25, -0.2) is 4.79 Å². The van der Waals surface area contributed by atoms with Gasteiger partial charge >= 0.3 is 5.63 Å². The molecule has 4 aromatic rings. The highest BCUT2D eigenvalue weighted by Crippen LogP contribution is 2.50. The highest BCUT2D eigenvalue weighted by molar-refractivity contribution is 6.08. The van der Waals surface area contributed by atoms with Crippen molar-refractivity contribution >= 4 is 21.7 Å². The zero-order valence-corrected chi connectivity index (χ0v) is 16.7. The number of aliphatic hydroxyl groups excluding tert-OH is 1. The third kappa shape index (κ3) is 2.86. The molecular weight excluding hydrogens is 420 g/mol. The second-order valence-electron chi connectivity index (χ2n) is 7.32. The summed E-state index contributed by atoms with van der Waals surface area (Å²) in [6.07, 6.45) is -1.66. The molecule has 3 aromatic carbocycles. The standard InChI is InChI=1S/C23H18O9/c1-29-22-14(26)6-4-13-20(17(9-24)31-21(13)22)30-15-7-5-12-18(19(15)27)11-3-2-10(25)8-16(11)32-23(12)28/h2-8,17,20,24-27H,9H2,1H3/t17-,20+/m0/s1. The van der Waals surface area contributed by atoms with Gasteiger partial charge in [0.05, 0.1) is 19.1 Å². The Balaban J connectivity index is 1.66. The predicted molar refractivity (Wildman–Crippen MR) is 113 cm³/mol. The number of benzene rings is 3. The summed E-state index contributed by atoms with van der Waals surface area (Å²) in [6, 6.07) is 10.1. The highest BCUT2D eigenvalue weighted by atomic mass is 16.6. The molecule has 0 fully saturated rings. The Morgan fingerprint density at radius 3 is 2.56 bits per heavy atom. The van der Waals surface area contributed by atoms with Crippen LogP contribution in [0.2, 0.25) is 0 Å². The van der Waals surface area contributed by atoms with Crippen molar-refractivity contribution in [3.63, 3.8) is 0 Å². The lowest BCUT2D eigenvalue weighted by Gasteiger charge is -2.20. The molecule has 0 unspecified atom stereocenters. The number of phenolic OH excluding ortho intramolecular Hbond substituents is 3. The first-order valence-corrected chi connectivity index (χ1v) is 9.68. The molecule has 0 saturated heterocycles. The van der Waals surface area contributed by atoms with Gasteiger partial charge < -0.3 is 39.1 Å². The van der Waals surface area contributed by atoms with E-state index < -0.39 is 24.4 Å². The Morgan fingerprint density at radius 1 is 1.03 bits per heavy atom. The summed E-state index contributed by atoms with van der Waals surface area (Å²) in [5, 5.41) is 41.3. The average Bonchev–Trinajstić information content (AvgIpc) is 3.12. The molecule has 0 aliphatic carbocycles. The quantitative estimate of drug-likeness (QED) is 0.280. The Bertz CT molecular complexity index is 1420. The molecule has 0 spiro atoms. The monoisotopic (exact) mass is 438 g/mol. The van der Waals surface area contributed by atoms with Crippen LogP contribution < -0.4 is 19.8 Å². The summed E-state index contributed by atoms with van der Waals surface area (Å²) >= 11 is 0. The van der Waals surface area contributed by atoms with E-state index in [1.54, 1.807) is 6.07 Å². The maximum atomic E-state index is 12.4. The van der Waals surface area contributed by atoms with E-state index in [-0.39, 0.29) is 50.9 Å². The van der Waals surface area contributed by atoms with Gasteiger partial charge in [0.15, 0.2) is 35.2 Å². The molecule has 2 atom stereocenters. The summed E-state index contributed by atoms with van der Waals surface area (Å²) in [7, 11) is 1.38. The van der Waals surface area contributed by atoms with Crippen molar-refractivity contribution in [2.75, 3.05) is 13.7 Å². The first kappa shape index (κ1) is 19.8. The van der Waals surface area contributed by atoms with Crippen molar-refractivity contribution in [1.29, 1.82) is 0 Å². The van der Waals surface area contributed by atoms with E-state index in [9.17, 15) is 25.2 Å². The zero-order valence-electron chi connectivity index (χ0n) is 16.7. The highest BCUT2D eigenvalue weighted by Gasteiger charge is 2.39. The minimum atomic E-state index is -0.830. The molecule has 0 saturated carbocycles. The lowest BCUT2D eigenvalue weighted by Crippen LogP contribution is -2.27. The van der Waals surface area contributed by atoms with E-state index in [0.29, 0.717) is 10.9 Å². The lowest BCUT2D eigenvalue weighted by atomic mass is 10.0. The number of rotatable bonds is 4. The fourth-order valence-electron chi connectivity index (χ4n) is 4.00. The molecule has 5 rings (SSSR count). The van der Waals surface area contributed by atoms with Crippen LogP contribution in [0.5, 0.6) is 34.5 Å². The van der Waals surface area contributed by atoms with Crippen molar-refractivity contribution < 1.29 is 39.1 Å². The van der Waals surface area contributed by atoms with Crippen molar-refractivity contribution in [2.45, 2.75) is 12.2 Å². The van der Waals surface area contributed by atoms with E-state index >= 15 is 0 Å². The van der Waals surface area contributed by atoms with E-state index in [1.165, 1.54) is 43.5 Å². The van der Waals surface area contributed by atoms with E-state index in [4.69, 9.17) is 18.6 Å². The van der Waals surface area contributed by atoms with Crippen LogP contribution in [0.25, 0.3) is 21.7 Å². The van der Waals surface area contributed by atoms with Crippen LogP contribution in [0.15, 0.2) is 51.7 Å². The van der Waals surface area contributed by atoms with Crippen LogP contribution in [0.3, 0.4) is 0 Å². The number of aromatic hydroxyl groups is 3. The van der Waals surface area contributed by atoms with Gasteiger partial charge in [0, 0.05) is 22.4 Å². The number of hydrogen-bond donors (Lipinski definition) is 4. The van der Waals surface area contributed by atoms with Gasteiger partial charge in [-0.1, -0.05) is 0 Å². The molecule has 0 amide bonds. The zero-order chi connectivity index (χ0) is 22.6. The summed E-state index contributed by atoms with van der Waals surface area (Å²) in [6.45, 7) is -0.399. The van der Waals surface area contributed by atoms with E-state index in [0.717, 1.165) is 0 Å². The largest absolute Gasteiger partial charge is 0.508 e. The third-order valence-electron chi connectivity index (χ3n) is 5.47. The van der Waals surface area contributed by atoms with Crippen molar-refractivity contribution in [3.8, 4) is 34.5 Å². The van der Waals surface area contributed by atoms with Crippen molar-refractivity contribution in [1.82, 2.24) is 0 Å². The normalized spacial score (nSPS) is 17.3. The number of aliphatic hydroxyl groups is 1. The molecule has 1 aliphatic rings. The number of ether oxygens (including phenoxy) is 3. The van der Waals surface area contributed by atoms with Crippen LogP contribution >= 0.6 is 0 Å². The topological polar surface area (TPSA) is 139 Å². The van der Waals surface area contributed by atoms with Gasteiger partial charge in [0.25, 0.3) is 0 Å². The molecule has 1 aliphatic heterocycles. The summed E-state index contributed by atoms with van der Waals surface area (Å²) in [4.78, 5) is 12.4. The SMILES string of the molecule is COc1c(O)ccc2c1O[C@@H](CO)[C@@H]2Oc1ccc2c(=O)oc3cc(O)ccc3c2c1O. The first-order chi connectivity index (χ1) is 15.4. The number of fused-ring (bicyclic) bond motifs is 4. The molecule has 0 radical (unpaired) electrons. The molecule has 32 heavy (non-hydrogen) atoms. The lowest BCUT2D eigenvalue weighted by molar-refractivity contribution is 0.0396. The predicted octanol–water partition coefficient (Wildman–Crippen LogP) is 2.95. The molecule has 2 heterocycles. The molecule has 4 N–H and O–H groups in total. The molecular formula is C23H18O9. The number of methoxy groups -OCH3 is 1. The van der Waals surface area contributed by atoms with Crippen LogP contribution in [0.4, 0.5) is 0 Å². The van der Waals surface area contributed by atoms with Gasteiger partial charge in [-0.3, -0.25) is 0 Å². The number of phenols is 3. The second-order valence-corrected chi connectivity index (χ2v) is 7.32. The van der Waals surface area contributed by atoms with Gasteiger partial charge in [-0.15, -0.1) is 0 Å². The minimum Gasteiger partial charge on any atom is -0.508 e. The Morgan fingerprint density at radius 2 is 1.81 bits per heavy atom. The van der Waals surface area contributed by atoms with Crippen molar-refractivity contribution in [3.05, 3.63) is 58.4 Å². The first-order valence-electron chi connectivity index (χ1n) is 9.68. The van der Waals surface area contributed by atoms with Gasteiger partial charge in [0.2, 0.25) is 5.75 Å². The summed E-state index contributed by atoms with van der Waals surface area (Å²) in [5.74, 6) is -0.129. The van der Waals surface area contributed by atoms with Crippen molar-refractivity contribution in [2.24, 2.45) is 0 Å². The number of hydrogen-bond acceptors (Lipinski definition) is 9. The van der Waals surface area contributed by atoms with Crippen LogP contribution in [-0.4, -0.2) is 40.2 Å². The smallest absolute Gasteiger partial charge is 0.344 e. The molecule has 1 aromatic heterocycles.